The largest absolute Gasteiger partial charge is 0.325 e. The maximum absolute atomic E-state index is 13.6. The Bertz CT molecular complexity index is 1130. The molecule has 30 heavy (non-hydrogen) atoms. The molecule has 13 heteroatoms. The second-order valence-corrected chi connectivity index (χ2v) is 7.77. The molecule has 2 N–H and O–H groups in total. The molecule has 0 atom stereocenters. The van der Waals surface area contributed by atoms with Crippen LogP contribution in [0.4, 0.5) is 25.3 Å². The van der Waals surface area contributed by atoms with Gasteiger partial charge in [0.05, 0.1) is 16.2 Å². The van der Waals surface area contributed by atoms with Crippen molar-refractivity contribution in [2.75, 3.05) is 16.4 Å². The fourth-order valence-electron chi connectivity index (χ4n) is 2.18. The van der Waals surface area contributed by atoms with Gasteiger partial charge < -0.3 is 5.32 Å². The molecule has 2 aromatic carbocycles. The van der Waals surface area contributed by atoms with Gasteiger partial charge in [0.25, 0.3) is 5.91 Å². The smallest absolute Gasteiger partial charge is 0.306 e. The van der Waals surface area contributed by atoms with Crippen molar-refractivity contribution in [3.63, 3.8) is 0 Å². The van der Waals surface area contributed by atoms with Crippen LogP contribution >= 0.6 is 23.1 Å². The number of nitro benzene ring substituents is 1. The third kappa shape index (κ3) is 5.33. The lowest BCUT2D eigenvalue weighted by Crippen LogP contribution is -2.14. The molecule has 0 aliphatic rings. The van der Waals surface area contributed by atoms with E-state index in [9.17, 15) is 28.5 Å². The zero-order valence-electron chi connectivity index (χ0n) is 14.8. The van der Waals surface area contributed by atoms with Crippen LogP contribution in [0.15, 0.2) is 46.8 Å². The fourth-order valence-corrected chi connectivity index (χ4v) is 3.73. The minimum Gasteiger partial charge on any atom is -0.325 e. The highest BCUT2D eigenvalue weighted by Gasteiger charge is 2.17. The summed E-state index contributed by atoms with van der Waals surface area (Å²) in [5, 5.41) is 23.3. The van der Waals surface area contributed by atoms with Crippen LogP contribution in [-0.2, 0) is 4.79 Å². The van der Waals surface area contributed by atoms with Crippen molar-refractivity contribution in [1.82, 2.24) is 10.2 Å². The van der Waals surface area contributed by atoms with E-state index >= 15 is 0 Å². The second-order valence-electron chi connectivity index (χ2n) is 5.57. The van der Waals surface area contributed by atoms with Gasteiger partial charge in [0.1, 0.15) is 5.82 Å². The maximum atomic E-state index is 13.6. The molecule has 0 unspecified atom stereocenters. The number of aromatic nitrogens is 2. The molecule has 0 fully saturated rings. The predicted molar refractivity (Wildman–Crippen MR) is 107 cm³/mol. The van der Waals surface area contributed by atoms with Crippen molar-refractivity contribution in [1.29, 1.82) is 0 Å². The van der Waals surface area contributed by atoms with E-state index in [1.165, 1.54) is 24.3 Å². The van der Waals surface area contributed by atoms with Crippen molar-refractivity contribution < 1.29 is 23.3 Å². The number of nitrogens with zero attached hydrogens (tertiary/aromatic N) is 3. The summed E-state index contributed by atoms with van der Waals surface area (Å²) in [6.45, 7) is 0. The van der Waals surface area contributed by atoms with Gasteiger partial charge in [-0.05, 0) is 24.3 Å². The molecule has 0 bridgehead atoms. The maximum Gasteiger partial charge on any atom is 0.306 e. The van der Waals surface area contributed by atoms with Crippen LogP contribution in [-0.4, -0.2) is 32.7 Å². The molecule has 1 heterocycles. The minimum absolute atomic E-state index is 0.0730. The van der Waals surface area contributed by atoms with Crippen LogP contribution in [0.1, 0.15) is 10.4 Å². The van der Waals surface area contributed by atoms with E-state index in [2.05, 4.69) is 20.8 Å². The molecule has 0 spiro atoms. The summed E-state index contributed by atoms with van der Waals surface area (Å²) in [4.78, 5) is 33.9. The first-order chi connectivity index (χ1) is 14.3. The molecule has 0 aliphatic carbocycles. The number of halogens is 2. The van der Waals surface area contributed by atoms with Crippen molar-refractivity contribution in [3.05, 3.63) is 69.8 Å². The number of amides is 2. The molecule has 154 valence electrons. The number of anilines is 2. The molecule has 0 aliphatic heterocycles. The van der Waals surface area contributed by atoms with E-state index in [1.807, 2.05) is 0 Å². The topological polar surface area (TPSA) is 127 Å². The monoisotopic (exact) mass is 451 g/mol. The van der Waals surface area contributed by atoms with E-state index in [4.69, 9.17) is 0 Å². The van der Waals surface area contributed by atoms with Crippen LogP contribution in [0.25, 0.3) is 0 Å². The van der Waals surface area contributed by atoms with E-state index < -0.39 is 34.1 Å². The number of nitrogens with one attached hydrogen (secondary N) is 2. The standard InChI is InChI=1S/C17H11F2N5O4S2/c18-11-4-2-1-3-10(11)15(26)21-16-22-23-17(30-16)29-8-14(25)20-9-5-6-12(19)13(7-9)24(27)28/h1-7H,8H2,(H,20,25)(H,21,22,26). The summed E-state index contributed by atoms with van der Waals surface area (Å²) >= 11 is 1.99. The van der Waals surface area contributed by atoms with Gasteiger partial charge in [-0.3, -0.25) is 25.0 Å². The van der Waals surface area contributed by atoms with Gasteiger partial charge in [-0.2, -0.15) is 4.39 Å². The lowest BCUT2D eigenvalue weighted by Gasteiger charge is -2.04. The number of carbonyl (C=O) groups is 2. The lowest BCUT2D eigenvalue weighted by atomic mass is 10.2. The summed E-state index contributed by atoms with van der Waals surface area (Å²) in [7, 11) is 0. The van der Waals surface area contributed by atoms with Gasteiger partial charge in [-0.1, -0.05) is 35.2 Å². The molecule has 0 saturated carbocycles. The van der Waals surface area contributed by atoms with E-state index in [0.29, 0.717) is 4.34 Å². The summed E-state index contributed by atoms with van der Waals surface area (Å²) in [5.74, 6) is -2.98. The second kappa shape index (κ2) is 9.37. The van der Waals surface area contributed by atoms with Gasteiger partial charge in [0.15, 0.2) is 4.34 Å². The highest BCUT2D eigenvalue weighted by atomic mass is 32.2. The van der Waals surface area contributed by atoms with E-state index in [0.717, 1.165) is 41.3 Å². The zero-order valence-corrected chi connectivity index (χ0v) is 16.4. The summed E-state index contributed by atoms with van der Waals surface area (Å²) in [6, 6.07) is 8.46. The van der Waals surface area contributed by atoms with E-state index in [1.54, 1.807) is 0 Å². The SMILES string of the molecule is O=C(CSc1nnc(NC(=O)c2ccccc2F)s1)Nc1ccc(F)c([N+](=O)[O-])c1. The Balaban J connectivity index is 1.54. The number of thioether (sulfide) groups is 1. The molecule has 1 aromatic heterocycles. The Labute approximate surface area is 175 Å². The number of hydrogen-bond acceptors (Lipinski definition) is 8. The van der Waals surface area contributed by atoms with Crippen LogP contribution in [0, 0.1) is 21.7 Å². The Morgan fingerprint density at radius 3 is 2.60 bits per heavy atom. The number of benzene rings is 2. The van der Waals surface area contributed by atoms with Gasteiger partial charge in [-0.15, -0.1) is 10.2 Å². The molecule has 3 aromatic rings. The average Bonchev–Trinajstić information content (AvgIpc) is 3.15. The van der Waals surface area contributed by atoms with Gasteiger partial charge in [0.2, 0.25) is 16.9 Å². The normalized spacial score (nSPS) is 10.5. The minimum atomic E-state index is -1.01. The molecule has 9 nitrogen and oxygen atoms in total. The lowest BCUT2D eigenvalue weighted by molar-refractivity contribution is -0.387. The molecule has 0 radical (unpaired) electrons. The van der Waals surface area contributed by atoms with Crippen LogP contribution < -0.4 is 10.6 Å². The van der Waals surface area contributed by atoms with Crippen LogP contribution in [0.2, 0.25) is 0 Å². The highest BCUT2D eigenvalue weighted by molar-refractivity contribution is 8.01. The van der Waals surface area contributed by atoms with Gasteiger partial charge in [0, 0.05) is 11.8 Å². The third-order valence-electron chi connectivity index (χ3n) is 3.50. The Morgan fingerprint density at radius 2 is 1.87 bits per heavy atom. The fraction of sp³-hybridized carbons (Fsp3) is 0.0588. The quantitative estimate of drug-likeness (QED) is 0.243. The summed E-state index contributed by atoms with van der Waals surface area (Å²) < 4.78 is 27.3. The third-order valence-corrected chi connectivity index (χ3v) is 5.47. The molecular weight excluding hydrogens is 440 g/mol. The van der Waals surface area contributed by atoms with Gasteiger partial charge >= 0.3 is 5.69 Å². The molecular formula is C17H11F2N5O4S2. The average molecular weight is 451 g/mol. The first kappa shape index (κ1) is 21.3. The highest BCUT2D eigenvalue weighted by Crippen LogP contribution is 2.27. The van der Waals surface area contributed by atoms with Crippen molar-refractivity contribution in [3.8, 4) is 0 Å². The Kier molecular flexibility index (Phi) is 6.64. The predicted octanol–water partition coefficient (Wildman–Crippen LogP) is 3.71. The number of hydrogen-bond donors (Lipinski definition) is 2. The number of rotatable bonds is 7. The molecule has 2 amide bonds. The molecule has 0 saturated heterocycles. The van der Waals surface area contributed by atoms with Crippen molar-refractivity contribution in [2.45, 2.75) is 4.34 Å². The Morgan fingerprint density at radius 1 is 1.10 bits per heavy atom. The first-order valence-corrected chi connectivity index (χ1v) is 9.89. The van der Waals surface area contributed by atoms with Gasteiger partial charge in [-0.25, -0.2) is 4.39 Å². The molecule has 3 rings (SSSR count). The summed E-state index contributed by atoms with van der Waals surface area (Å²) in [5.41, 5.74) is -0.821. The summed E-state index contributed by atoms with van der Waals surface area (Å²) in [6.07, 6.45) is 0. The number of nitro groups is 1. The number of carbonyl (C=O) groups excluding carboxylic acids is 2. The zero-order chi connectivity index (χ0) is 21.7. The van der Waals surface area contributed by atoms with Crippen molar-refractivity contribution >= 4 is 51.4 Å². The van der Waals surface area contributed by atoms with Crippen molar-refractivity contribution in [2.24, 2.45) is 0 Å². The Hall–Kier alpha value is -3.45. The van der Waals surface area contributed by atoms with Crippen LogP contribution in [0.3, 0.4) is 0 Å². The first-order valence-electron chi connectivity index (χ1n) is 8.09. The van der Waals surface area contributed by atoms with Crippen LogP contribution in [0.5, 0.6) is 0 Å². The van der Waals surface area contributed by atoms with E-state index in [-0.39, 0.29) is 22.1 Å².